The molecule has 0 fully saturated rings. The number of benzene rings is 1. The SMILES string of the molecule is O=S(=O)(NCc1ccccc1C#CCO)C(F)F. The Morgan fingerprint density at radius 2 is 2.00 bits per heavy atom. The molecule has 98 valence electrons. The summed E-state index contributed by atoms with van der Waals surface area (Å²) in [7, 11) is -4.61. The molecule has 2 N–H and O–H groups in total. The van der Waals surface area contributed by atoms with Crippen LogP contribution in [-0.2, 0) is 16.6 Å². The largest absolute Gasteiger partial charge is 0.384 e. The topological polar surface area (TPSA) is 66.4 Å². The molecule has 0 radical (unpaired) electrons. The minimum absolute atomic E-state index is 0.275. The van der Waals surface area contributed by atoms with Gasteiger partial charge in [-0.15, -0.1) is 0 Å². The number of halogens is 2. The van der Waals surface area contributed by atoms with Crippen LogP contribution in [0.25, 0.3) is 0 Å². The molecule has 4 nitrogen and oxygen atoms in total. The second-order valence-corrected chi connectivity index (χ2v) is 4.98. The fourth-order valence-electron chi connectivity index (χ4n) is 1.17. The second kappa shape index (κ2) is 6.44. The smallest absolute Gasteiger partial charge is 0.350 e. The van der Waals surface area contributed by atoms with Crippen molar-refractivity contribution in [2.45, 2.75) is 12.3 Å². The Bertz CT molecular complexity index is 561. The molecule has 0 amide bonds. The number of alkyl halides is 2. The molecular weight excluding hydrogens is 264 g/mol. The molecule has 18 heavy (non-hydrogen) atoms. The van der Waals surface area contributed by atoms with Crippen LogP contribution in [0.15, 0.2) is 24.3 Å². The van der Waals surface area contributed by atoms with Gasteiger partial charge in [-0.3, -0.25) is 0 Å². The molecule has 0 aliphatic carbocycles. The van der Waals surface area contributed by atoms with Gasteiger partial charge in [-0.2, -0.15) is 8.78 Å². The first-order chi connectivity index (χ1) is 8.47. The van der Waals surface area contributed by atoms with Crippen LogP contribution in [-0.4, -0.2) is 25.9 Å². The van der Waals surface area contributed by atoms with E-state index in [0.29, 0.717) is 11.1 Å². The summed E-state index contributed by atoms with van der Waals surface area (Å²) in [6, 6.07) is 6.48. The molecule has 1 rings (SSSR count). The van der Waals surface area contributed by atoms with Gasteiger partial charge in [0.25, 0.3) is 10.0 Å². The lowest BCUT2D eigenvalue weighted by Crippen LogP contribution is -2.29. The molecule has 0 heterocycles. The van der Waals surface area contributed by atoms with E-state index in [1.807, 2.05) is 0 Å². The fraction of sp³-hybridized carbons (Fsp3) is 0.273. The molecule has 0 saturated heterocycles. The van der Waals surface area contributed by atoms with E-state index in [9.17, 15) is 17.2 Å². The zero-order valence-corrected chi connectivity index (χ0v) is 10.0. The molecule has 0 atom stereocenters. The molecule has 0 saturated carbocycles. The Morgan fingerprint density at radius 1 is 1.33 bits per heavy atom. The quantitative estimate of drug-likeness (QED) is 0.794. The molecule has 0 aliphatic rings. The third kappa shape index (κ3) is 4.07. The van der Waals surface area contributed by atoms with Crippen molar-refractivity contribution in [3.05, 3.63) is 35.4 Å². The van der Waals surface area contributed by atoms with Gasteiger partial charge in [0, 0.05) is 12.1 Å². The predicted molar refractivity (Wildman–Crippen MR) is 62.2 cm³/mol. The number of aliphatic hydroxyl groups is 1. The van der Waals surface area contributed by atoms with Crippen LogP contribution >= 0.6 is 0 Å². The average molecular weight is 275 g/mol. The van der Waals surface area contributed by atoms with Crippen molar-refractivity contribution < 1.29 is 22.3 Å². The summed E-state index contributed by atoms with van der Waals surface area (Å²) in [4.78, 5) is 0. The third-order valence-corrected chi connectivity index (χ3v) is 3.03. The van der Waals surface area contributed by atoms with Gasteiger partial charge in [-0.05, 0) is 11.6 Å². The summed E-state index contributed by atoms with van der Waals surface area (Å²) >= 11 is 0. The number of rotatable bonds is 4. The van der Waals surface area contributed by atoms with Crippen molar-refractivity contribution in [1.29, 1.82) is 0 Å². The van der Waals surface area contributed by atoms with E-state index in [1.165, 1.54) is 0 Å². The van der Waals surface area contributed by atoms with Gasteiger partial charge in [0.15, 0.2) is 0 Å². The Morgan fingerprint density at radius 3 is 2.61 bits per heavy atom. The molecule has 0 aliphatic heterocycles. The minimum Gasteiger partial charge on any atom is -0.384 e. The van der Waals surface area contributed by atoms with Crippen molar-refractivity contribution in [2.75, 3.05) is 6.61 Å². The molecule has 0 unspecified atom stereocenters. The molecule has 0 bridgehead atoms. The summed E-state index contributed by atoms with van der Waals surface area (Å²) in [6.07, 6.45) is 0. The summed E-state index contributed by atoms with van der Waals surface area (Å²) in [5.74, 6) is 1.55. The molecule has 0 spiro atoms. The van der Waals surface area contributed by atoms with Gasteiger partial charge >= 0.3 is 5.76 Å². The number of sulfonamides is 1. The van der Waals surface area contributed by atoms with E-state index in [0.717, 1.165) is 0 Å². The maximum absolute atomic E-state index is 12.1. The third-order valence-electron chi connectivity index (χ3n) is 2.02. The highest BCUT2D eigenvalue weighted by atomic mass is 32.2. The molecular formula is C11H11F2NO3S. The highest BCUT2D eigenvalue weighted by Crippen LogP contribution is 2.09. The van der Waals surface area contributed by atoms with Crippen LogP contribution in [0.2, 0.25) is 0 Å². The highest BCUT2D eigenvalue weighted by molar-refractivity contribution is 7.89. The first kappa shape index (κ1) is 14.6. The lowest BCUT2D eigenvalue weighted by molar-refractivity contribution is 0.232. The summed E-state index contributed by atoms with van der Waals surface area (Å²) in [6.45, 7) is -0.611. The van der Waals surface area contributed by atoms with Crippen molar-refractivity contribution in [1.82, 2.24) is 4.72 Å². The summed E-state index contributed by atoms with van der Waals surface area (Å²) in [5, 5.41) is 8.57. The Balaban J connectivity index is 2.86. The highest BCUT2D eigenvalue weighted by Gasteiger charge is 2.23. The lowest BCUT2D eigenvalue weighted by Gasteiger charge is -2.07. The van der Waals surface area contributed by atoms with Crippen LogP contribution in [0, 0.1) is 11.8 Å². The fourth-order valence-corrected chi connectivity index (χ4v) is 1.66. The zero-order valence-electron chi connectivity index (χ0n) is 9.23. The maximum atomic E-state index is 12.1. The lowest BCUT2D eigenvalue weighted by atomic mass is 10.1. The van der Waals surface area contributed by atoms with Gasteiger partial charge in [0.2, 0.25) is 0 Å². The minimum atomic E-state index is -4.61. The van der Waals surface area contributed by atoms with E-state index < -0.39 is 15.8 Å². The normalized spacial score (nSPS) is 11.1. The standard InChI is InChI=1S/C11H11F2NO3S/c12-11(13)18(16,17)14-8-10-5-2-1-4-9(10)6-3-7-15/h1-2,4-5,11,14-15H,7-8H2. The van der Waals surface area contributed by atoms with Crippen molar-refractivity contribution in [2.24, 2.45) is 0 Å². The molecule has 0 aromatic heterocycles. The Kier molecular flexibility index (Phi) is 5.22. The van der Waals surface area contributed by atoms with Crippen molar-refractivity contribution in [3.8, 4) is 11.8 Å². The van der Waals surface area contributed by atoms with Crippen LogP contribution in [0.3, 0.4) is 0 Å². The zero-order chi connectivity index (χ0) is 13.6. The van der Waals surface area contributed by atoms with Crippen LogP contribution in [0.5, 0.6) is 0 Å². The molecule has 1 aromatic rings. The van der Waals surface area contributed by atoms with Crippen LogP contribution in [0.1, 0.15) is 11.1 Å². The molecule has 1 aromatic carbocycles. The van der Waals surface area contributed by atoms with E-state index in [2.05, 4.69) is 11.8 Å². The van der Waals surface area contributed by atoms with Crippen LogP contribution < -0.4 is 4.72 Å². The van der Waals surface area contributed by atoms with Gasteiger partial charge in [0.05, 0.1) is 0 Å². The number of hydrogen-bond donors (Lipinski definition) is 2. The first-order valence-electron chi connectivity index (χ1n) is 4.91. The van der Waals surface area contributed by atoms with Gasteiger partial charge in [0.1, 0.15) is 6.61 Å². The van der Waals surface area contributed by atoms with Crippen molar-refractivity contribution in [3.63, 3.8) is 0 Å². The van der Waals surface area contributed by atoms with Gasteiger partial charge < -0.3 is 5.11 Å². The summed E-state index contributed by atoms with van der Waals surface area (Å²) in [5.41, 5.74) is 0.936. The van der Waals surface area contributed by atoms with Gasteiger partial charge in [-0.1, -0.05) is 30.0 Å². The Hall–Kier alpha value is -1.49. The van der Waals surface area contributed by atoms with Crippen molar-refractivity contribution >= 4 is 10.0 Å². The maximum Gasteiger partial charge on any atom is 0.350 e. The monoisotopic (exact) mass is 275 g/mol. The van der Waals surface area contributed by atoms with Crippen LogP contribution in [0.4, 0.5) is 8.78 Å². The molecule has 7 heteroatoms. The Labute approximate surface area is 104 Å². The second-order valence-electron chi connectivity index (χ2n) is 3.24. The average Bonchev–Trinajstić information content (AvgIpc) is 2.34. The number of nitrogens with one attached hydrogen (secondary N) is 1. The van der Waals surface area contributed by atoms with E-state index in [1.54, 1.807) is 29.0 Å². The van der Waals surface area contributed by atoms with E-state index in [4.69, 9.17) is 5.11 Å². The van der Waals surface area contributed by atoms with E-state index in [-0.39, 0.29) is 13.2 Å². The summed E-state index contributed by atoms with van der Waals surface area (Å²) < 4.78 is 47.8. The predicted octanol–water partition coefficient (Wildman–Crippen LogP) is 0.672. The van der Waals surface area contributed by atoms with E-state index >= 15 is 0 Å². The first-order valence-corrected chi connectivity index (χ1v) is 6.46. The number of aliphatic hydroxyl groups excluding tert-OH is 1. The number of hydrogen-bond acceptors (Lipinski definition) is 3. The van der Waals surface area contributed by atoms with Gasteiger partial charge in [-0.25, -0.2) is 13.1 Å².